The molecule has 3 aromatic carbocycles. The summed E-state index contributed by atoms with van der Waals surface area (Å²) in [5.41, 5.74) is 7.87. The van der Waals surface area contributed by atoms with Crippen molar-refractivity contribution in [2.24, 2.45) is 0 Å². The van der Waals surface area contributed by atoms with Crippen LogP contribution in [0.2, 0.25) is 0 Å². The normalized spacial score (nSPS) is 10.9. The third-order valence-electron chi connectivity index (χ3n) is 4.73. The van der Waals surface area contributed by atoms with E-state index in [1.807, 2.05) is 18.2 Å². The van der Waals surface area contributed by atoms with Gasteiger partial charge >= 0.3 is 5.97 Å². The van der Waals surface area contributed by atoms with Crippen molar-refractivity contribution in [2.75, 3.05) is 14.2 Å². The highest BCUT2D eigenvalue weighted by atomic mass is 16.5. The maximum Gasteiger partial charge on any atom is 0.330 e. The summed E-state index contributed by atoms with van der Waals surface area (Å²) >= 11 is 0. The molecular weight excluding hydrogens is 348 g/mol. The van der Waals surface area contributed by atoms with Gasteiger partial charge in [-0.15, -0.1) is 0 Å². The number of hydrogen-bond acceptors (Lipinski definition) is 3. The summed E-state index contributed by atoms with van der Waals surface area (Å²) in [5.74, 6) is 0.348. The first-order valence-electron chi connectivity index (χ1n) is 9.14. The quantitative estimate of drug-likeness (QED) is 0.417. The van der Waals surface area contributed by atoms with Crippen LogP contribution in [-0.2, 0) is 9.53 Å². The number of carbonyl (C=O) groups excluding carboxylic acids is 1. The Morgan fingerprint density at radius 3 is 2.29 bits per heavy atom. The molecule has 0 aromatic heterocycles. The summed E-state index contributed by atoms with van der Waals surface area (Å²) in [4.78, 5) is 11.5. The van der Waals surface area contributed by atoms with Gasteiger partial charge in [0.25, 0.3) is 0 Å². The van der Waals surface area contributed by atoms with E-state index in [4.69, 9.17) is 9.47 Å². The van der Waals surface area contributed by atoms with Crippen LogP contribution in [0, 0.1) is 13.8 Å². The number of hydrogen-bond donors (Lipinski definition) is 0. The van der Waals surface area contributed by atoms with E-state index in [9.17, 15) is 4.79 Å². The highest BCUT2D eigenvalue weighted by molar-refractivity contribution is 5.89. The van der Waals surface area contributed by atoms with E-state index in [1.54, 1.807) is 13.2 Å². The molecule has 3 aromatic rings. The van der Waals surface area contributed by atoms with Crippen molar-refractivity contribution in [3.05, 3.63) is 83.4 Å². The van der Waals surface area contributed by atoms with Gasteiger partial charge in [0.1, 0.15) is 5.75 Å². The standard InChI is InChI=1S/C25H24O3/c1-17-6-5-7-19(14-17)23-11-8-20(15-18(23)2)24-12-10-22(27-3)16-21(24)9-13-25(26)28-4/h5-16H,1-4H3/b13-9+. The molecule has 3 rings (SSSR count). The van der Waals surface area contributed by atoms with Crippen molar-refractivity contribution in [2.45, 2.75) is 13.8 Å². The lowest BCUT2D eigenvalue weighted by molar-refractivity contribution is -0.134. The Labute approximate surface area is 166 Å². The first kappa shape index (κ1) is 19.4. The Morgan fingerprint density at radius 1 is 0.857 bits per heavy atom. The van der Waals surface area contributed by atoms with Gasteiger partial charge in [-0.25, -0.2) is 4.79 Å². The van der Waals surface area contributed by atoms with Crippen LogP contribution < -0.4 is 4.74 Å². The zero-order valence-electron chi connectivity index (χ0n) is 16.7. The van der Waals surface area contributed by atoms with Gasteiger partial charge in [-0.3, -0.25) is 0 Å². The van der Waals surface area contributed by atoms with Crippen LogP contribution in [0.25, 0.3) is 28.3 Å². The Hall–Kier alpha value is -3.33. The summed E-state index contributed by atoms with van der Waals surface area (Å²) in [7, 11) is 3.00. The van der Waals surface area contributed by atoms with Crippen molar-refractivity contribution in [1.82, 2.24) is 0 Å². The minimum absolute atomic E-state index is 0.389. The fraction of sp³-hybridized carbons (Fsp3) is 0.160. The number of esters is 1. The summed E-state index contributed by atoms with van der Waals surface area (Å²) in [6.07, 6.45) is 3.18. The second-order valence-corrected chi connectivity index (χ2v) is 6.71. The average molecular weight is 372 g/mol. The number of benzene rings is 3. The molecule has 0 amide bonds. The van der Waals surface area contributed by atoms with Crippen LogP contribution >= 0.6 is 0 Å². The van der Waals surface area contributed by atoms with Crippen LogP contribution in [0.1, 0.15) is 16.7 Å². The molecule has 0 aliphatic heterocycles. The fourth-order valence-electron chi connectivity index (χ4n) is 3.26. The fourth-order valence-corrected chi connectivity index (χ4v) is 3.26. The van der Waals surface area contributed by atoms with Gasteiger partial charge in [0, 0.05) is 6.08 Å². The van der Waals surface area contributed by atoms with Crippen LogP contribution in [0.15, 0.2) is 66.7 Å². The van der Waals surface area contributed by atoms with E-state index in [0.29, 0.717) is 0 Å². The molecule has 0 radical (unpaired) electrons. The van der Waals surface area contributed by atoms with Gasteiger partial charge in [0.15, 0.2) is 0 Å². The van der Waals surface area contributed by atoms with Crippen LogP contribution in [-0.4, -0.2) is 20.2 Å². The van der Waals surface area contributed by atoms with Gasteiger partial charge in [0.05, 0.1) is 14.2 Å². The number of aryl methyl sites for hydroxylation is 2. The summed E-state index contributed by atoms with van der Waals surface area (Å²) in [5, 5.41) is 0. The molecule has 0 atom stereocenters. The molecule has 0 aliphatic carbocycles. The van der Waals surface area contributed by atoms with Crippen molar-refractivity contribution < 1.29 is 14.3 Å². The number of ether oxygens (including phenoxy) is 2. The maximum atomic E-state index is 11.5. The molecule has 0 saturated heterocycles. The second kappa shape index (κ2) is 8.57. The molecule has 0 heterocycles. The SMILES string of the molecule is COC(=O)/C=C/c1cc(OC)ccc1-c1ccc(-c2cccc(C)c2)c(C)c1. The van der Waals surface area contributed by atoms with Gasteiger partial charge in [-0.1, -0.05) is 54.1 Å². The molecule has 142 valence electrons. The Morgan fingerprint density at radius 2 is 1.61 bits per heavy atom. The predicted molar refractivity (Wildman–Crippen MR) is 114 cm³/mol. The highest BCUT2D eigenvalue weighted by Crippen LogP contribution is 2.32. The van der Waals surface area contributed by atoms with E-state index in [1.165, 1.54) is 35.4 Å². The molecule has 28 heavy (non-hydrogen) atoms. The molecule has 0 fully saturated rings. The molecule has 0 aliphatic rings. The smallest absolute Gasteiger partial charge is 0.330 e. The lowest BCUT2D eigenvalue weighted by Gasteiger charge is -2.13. The average Bonchev–Trinajstić information content (AvgIpc) is 2.71. The molecule has 0 bridgehead atoms. The van der Waals surface area contributed by atoms with Gasteiger partial charge in [0.2, 0.25) is 0 Å². The van der Waals surface area contributed by atoms with Gasteiger partial charge in [-0.2, -0.15) is 0 Å². The van der Waals surface area contributed by atoms with Crippen molar-refractivity contribution in [1.29, 1.82) is 0 Å². The third kappa shape index (κ3) is 4.32. The Balaban J connectivity index is 2.04. The number of rotatable bonds is 5. The third-order valence-corrected chi connectivity index (χ3v) is 4.73. The number of methoxy groups -OCH3 is 2. The highest BCUT2D eigenvalue weighted by Gasteiger charge is 2.09. The molecule has 0 spiro atoms. The van der Waals surface area contributed by atoms with Gasteiger partial charge in [-0.05, 0) is 65.4 Å². The van der Waals surface area contributed by atoms with E-state index >= 15 is 0 Å². The van der Waals surface area contributed by atoms with Crippen LogP contribution in [0.4, 0.5) is 0 Å². The molecule has 3 heteroatoms. The van der Waals surface area contributed by atoms with E-state index in [2.05, 4.69) is 56.3 Å². The molecule has 0 saturated carbocycles. The largest absolute Gasteiger partial charge is 0.497 e. The summed E-state index contributed by atoms with van der Waals surface area (Å²) < 4.78 is 10.1. The topological polar surface area (TPSA) is 35.5 Å². The Bertz CT molecular complexity index is 1030. The number of carbonyl (C=O) groups is 1. The van der Waals surface area contributed by atoms with Crippen molar-refractivity contribution in [3.63, 3.8) is 0 Å². The minimum Gasteiger partial charge on any atom is -0.497 e. The van der Waals surface area contributed by atoms with Crippen LogP contribution in [0.5, 0.6) is 5.75 Å². The lowest BCUT2D eigenvalue weighted by Crippen LogP contribution is -1.94. The molecule has 3 nitrogen and oxygen atoms in total. The first-order chi connectivity index (χ1) is 13.5. The maximum absolute atomic E-state index is 11.5. The summed E-state index contributed by atoms with van der Waals surface area (Å²) in [6, 6.07) is 20.8. The van der Waals surface area contributed by atoms with E-state index in [0.717, 1.165) is 22.4 Å². The summed E-state index contributed by atoms with van der Waals surface area (Å²) in [6.45, 7) is 4.22. The predicted octanol–water partition coefficient (Wildman–Crippen LogP) is 5.83. The Kier molecular flexibility index (Phi) is 5.95. The lowest BCUT2D eigenvalue weighted by atomic mass is 9.93. The molecular formula is C25H24O3. The van der Waals surface area contributed by atoms with Crippen LogP contribution in [0.3, 0.4) is 0 Å². The second-order valence-electron chi connectivity index (χ2n) is 6.71. The monoisotopic (exact) mass is 372 g/mol. The van der Waals surface area contributed by atoms with Gasteiger partial charge < -0.3 is 9.47 Å². The van der Waals surface area contributed by atoms with E-state index < -0.39 is 0 Å². The van der Waals surface area contributed by atoms with Crippen molar-refractivity contribution >= 4 is 12.0 Å². The van der Waals surface area contributed by atoms with Crippen molar-refractivity contribution in [3.8, 4) is 28.0 Å². The molecule has 0 unspecified atom stereocenters. The first-order valence-corrected chi connectivity index (χ1v) is 9.14. The molecule has 0 N–H and O–H groups in total. The minimum atomic E-state index is -0.389. The zero-order valence-corrected chi connectivity index (χ0v) is 16.7. The van der Waals surface area contributed by atoms with E-state index in [-0.39, 0.29) is 5.97 Å². The zero-order chi connectivity index (χ0) is 20.1.